The maximum Gasteiger partial charge on any atom is 0.287 e. The largest absolute Gasteiger partial charge is 0.491 e. The number of hydrogen-bond donors (Lipinski definition) is 2. The van der Waals surface area contributed by atoms with E-state index in [4.69, 9.17) is 9.84 Å². The van der Waals surface area contributed by atoms with Crippen LogP contribution >= 0.6 is 0 Å². The molecule has 37 heavy (non-hydrogen) atoms. The number of tetrazole rings is 1. The second-order valence-corrected chi connectivity index (χ2v) is 9.89. The Morgan fingerprint density at radius 1 is 1.05 bits per heavy atom. The number of alkyl halides is 4. The fraction of sp³-hybridized carbons (Fsp3) is 0.458. The lowest BCUT2D eigenvalue weighted by Gasteiger charge is -2.74. The summed E-state index contributed by atoms with van der Waals surface area (Å²) in [5.74, 6) is -5.90. The monoisotopic (exact) mass is 528 g/mol. The second-order valence-electron chi connectivity index (χ2n) is 9.89. The first kappa shape index (κ1) is 25.5. The van der Waals surface area contributed by atoms with Crippen LogP contribution in [0.15, 0.2) is 48.8 Å². The third kappa shape index (κ3) is 3.95. The van der Waals surface area contributed by atoms with Gasteiger partial charge in [0.05, 0.1) is 6.54 Å². The molecular weight excluding hydrogens is 506 g/mol. The Morgan fingerprint density at radius 2 is 1.73 bits per heavy atom. The van der Waals surface area contributed by atoms with Crippen molar-refractivity contribution < 1.29 is 41.3 Å². The van der Waals surface area contributed by atoms with E-state index in [2.05, 4.69) is 15.5 Å². The molecule has 0 saturated heterocycles. The van der Waals surface area contributed by atoms with Gasteiger partial charge in [0, 0.05) is 17.0 Å². The topological polar surface area (TPSA) is 93.3 Å². The number of rotatable bonds is 10. The lowest BCUT2D eigenvalue weighted by Crippen LogP contribution is -2.76. The van der Waals surface area contributed by atoms with Crippen molar-refractivity contribution in [1.29, 1.82) is 0 Å². The van der Waals surface area contributed by atoms with E-state index in [9.17, 15) is 22.7 Å². The highest BCUT2D eigenvalue weighted by atomic mass is 19.3. The van der Waals surface area contributed by atoms with Gasteiger partial charge in [0.15, 0.2) is 5.60 Å². The van der Waals surface area contributed by atoms with E-state index in [0.29, 0.717) is 6.07 Å². The molecule has 3 fully saturated rings. The van der Waals surface area contributed by atoms with Crippen molar-refractivity contribution in [2.45, 2.75) is 55.3 Å². The van der Waals surface area contributed by atoms with Crippen LogP contribution in [-0.4, -0.2) is 55.5 Å². The molecule has 3 aliphatic rings. The summed E-state index contributed by atoms with van der Waals surface area (Å²) in [5, 5.41) is 30.8. The molecule has 2 N–H and O–H groups in total. The Bertz CT molecular complexity index is 1250. The molecule has 13 heteroatoms. The number of aliphatic hydroxyl groups excluding tert-OH is 1. The average Bonchev–Trinajstić information content (AvgIpc) is 3.28. The molecule has 0 radical (unpaired) electrons. The summed E-state index contributed by atoms with van der Waals surface area (Å²) >= 11 is 0. The SMILES string of the molecule is OC(COc1ccc(C23CC(C(F)(F)C(O)(Cn4cnnn4)c4ccc(F)cc4F)(C2)C3)cc1)C(F)F. The molecule has 2 aromatic carbocycles. The van der Waals surface area contributed by atoms with Gasteiger partial charge in [-0.15, -0.1) is 5.10 Å². The van der Waals surface area contributed by atoms with Crippen LogP contribution in [0.25, 0.3) is 0 Å². The highest BCUT2D eigenvalue weighted by Crippen LogP contribution is 2.80. The lowest BCUT2D eigenvalue weighted by atomic mass is 9.30. The van der Waals surface area contributed by atoms with Gasteiger partial charge in [0.1, 0.15) is 36.4 Å². The van der Waals surface area contributed by atoms with E-state index in [1.165, 1.54) is 12.1 Å². The van der Waals surface area contributed by atoms with Crippen LogP contribution in [0, 0.1) is 17.0 Å². The molecule has 2 unspecified atom stereocenters. The predicted octanol–water partition coefficient (Wildman–Crippen LogP) is 3.60. The van der Waals surface area contributed by atoms with Gasteiger partial charge in [-0.25, -0.2) is 31.0 Å². The van der Waals surface area contributed by atoms with Crippen molar-refractivity contribution in [3.05, 3.63) is 71.6 Å². The zero-order valence-corrected chi connectivity index (χ0v) is 19.2. The summed E-state index contributed by atoms with van der Waals surface area (Å²) in [6.45, 7) is -1.46. The summed E-state index contributed by atoms with van der Waals surface area (Å²) < 4.78 is 91.4. The lowest BCUT2D eigenvalue weighted by molar-refractivity contribution is -0.347. The highest BCUT2D eigenvalue weighted by Gasteiger charge is 2.82. The Balaban J connectivity index is 1.36. The highest BCUT2D eigenvalue weighted by molar-refractivity contribution is 5.44. The number of aliphatic hydroxyl groups is 2. The smallest absolute Gasteiger partial charge is 0.287 e. The van der Waals surface area contributed by atoms with E-state index >= 15 is 8.78 Å². The van der Waals surface area contributed by atoms with Crippen molar-refractivity contribution >= 4 is 0 Å². The van der Waals surface area contributed by atoms with Crippen molar-refractivity contribution in [1.82, 2.24) is 20.2 Å². The molecule has 6 rings (SSSR count). The van der Waals surface area contributed by atoms with Crippen LogP contribution in [0.5, 0.6) is 5.75 Å². The zero-order chi connectivity index (χ0) is 26.6. The minimum Gasteiger partial charge on any atom is -0.491 e. The first-order valence-corrected chi connectivity index (χ1v) is 11.4. The average molecular weight is 528 g/mol. The molecule has 3 saturated carbocycles. The van der Waals surface area contributed by atoms with Crippen molar-refractivity contribution in [3.63, 3.8) is 0 Å². The molecular formula is C24H22F6N4O3. The van der Waals surface area contributed by atoms with E-state index in [1.54, 1.807) is 12.1 Å². The Kier molecular flexibility index (Phi) is 5.98. The Morgan fingerprint density at radius 3 is 2.30 bits per heavy atom. The number of benzene rings is 2. The summed E-state index contributed by atoms with van der Waals surface area (Å²) in [5.41, 5.74) is -5.35. The second kappa shape index (κ2) is 8.69. The maximum atomic E-state index is 16.2. The van der Waals surface area contributed by atoms with E-state index in [-0.39, 0.29) is 25.0 Å². The number of nitrogens with zero attached hydrogens (tertiary/aromatic N) is 4. The van der Waals surface area contributed by atoms with Crippen LogP contribution < -0.4 is 4.74 Å². The molecule has 0 aliphatic heterocycles. The van der Waals surface area contributed by atoms with Gasteiger partial charge in [-0.05, 0) is 64.9 Å². The zero-order valence-electron chi connectivity index (χ0n) is 19.2. The van der Waals surface area contributed by atoms with Gasteiger partial charge < -0.3 is 14.9 Å². The molecule has 7 nitrogen and oxygen atoms in total. The van der Waals surface area contributed by atoms with Gasteiger partial charge in [-0.3, -0.25) is 0 Å². The van der Waals surface area contributed by atoms with Crippen molar-refractivity contribution in [3.8, 4) is 5.75 Å². The fourth-order valence-electron chi connectivity index (χ4n) is 5.69. The van der Waals surface area contributed by atoms with Gasteiger partial charge in [-0.1, -0.05) is 12.1 Å². The molecule has 1 aromatic heterocycles. The van der Waals surface area contributed by atoms with Gasteiger partial charge in [0.2, 0.25) is 0 Å². The molecule has 3 aromatic rings. The maximum absolute atomic E-state index is 16.2. The van der Waals surface area contributed by atoms with Crippen LogP contribution in [0.3, 0.4) is 0 Å². The molecule has 2 bridgehead atoms. The first-order valence-electron chi connectivity index (χ1n) is 11.4. The van der Waals surface area contributed by atoms with Crippen molar-refractivity contribution in [2.24, 2.45) is 5.41 Å². The summed E-state index contributed by atoms with van der Waals surface area (Å²) in [4.78, 5) is 0. The first-order chi connectivity index (χ1) is 17.4. The van der Waals surface area contributed by atoms with Gasteiger partial charge >= 0.3 is 0 Å². The molecule has 0 spiro atoms. The normalized spacial score (nSPS) is 25.2. The van der Waals surface area contributed by atoms with E-state index < -0.39 is 65.2 Å². The summed E-state index contributed by atoms with van der Waals surface area (Å²) in [6, 6.07) is 8.31. The van der Waals surface area contributed by atoms with Crippen LogP contribution in [0.2, 0.25) is 0 Å². The number of halogens is 6. The van der Waals surface area contributed by atoms with Crippen LogP contribution in [0.1, 0.15) is 30.4 Å². The third-order valence-corrected chi connectivity index (χ3v) is 7.55. The fourth-order valence-corrected chi connectivity index (χ4v) is 5.69. The van der Waals surface area contributed by atoms with Crippen molar-refractivity contribution in [2.75, 3.05) is 6.61 Å². The summed E-state index contributed by atoms with van der Waals surface area (Å²) in [6.07, 6.45) is -3.87. The van der Waals surface area contributed by atoms with E-state index in [1.807, 2.05) is 0 Å². The predicted molar refractivity (Wildman–Crippen MR) is 115 cm³/mol. The van der Waals surface area contributed by atoms with Crippen LogP contribution in [0.4, 0.5) is 26.3 Å². The minimum absolute atomic E-state index is 0.00195. The Hall–Kier alpha value is -3.19. The molecule has 3 aliphatic carbocycles. The van der Waals surface area contributed by atoms with Crippen LogP contribution in [-0.2, 0) is 17.6 Å². The van der Waals surface area contributed by atoms with E-state index in [0.717, 1.165) is 28.7 Å². The summed E-state index contributed by atoms with van der Waals surface area (Å²) in [7, 11) is 0. The molecule has 198 valence electrons. The number of aromatic nitrogens is 4. The number of ether oxygens (including phenoxy) is 1. The Labute approximate surface area is 206 Å². The molecule has 1 heterocycles. The van der Waals surface area contributed by atoms with Gasteiger partial charge in [0.25, 0.3) is 12.3 Å². The third-order valence-electron chi connectivity index (χ3n) is 7.55. The standard InChI is InChI=1S/C24H22F6N4O3/c25-15-3-6-17(18(26)7-15)23(36,12-34-13-31-32-33-34)24(29,30)22-9-21(10-22,11-22)14-1-4-16(5-2-14)37-8-19(35)20(27)28/h1-7,13,19-20,35-36H,8-12H2. The minimum atomic E-state index is -3.85. The number of hydrogen-bond acceptors (Lipinski definition) is 6. The quantitative estimate of drug-likeness (QED) is 0.391. The van der Waals surface area contributed by atoms with Gasteiger partial charge in [-0.2, -0.15) is 0 Å². The molecule has 2 atom stereocenters. The molecule has 0 amide bonds.